The Hall–Kier alpha value is -3.77. The van der Waals surface area contributed by atoms with E-state index in [0.29, 0.717) is 22.9 Å². The molecular formula is C28H27ClN2O4. The highest BCUT2D eigenvalue weighted by atomic mass is 35.5. The van der Waals surface area contributed by atoms with E-state index in [-0.39, 0.29) is 17.9 Å². The summed E-state index contributed by atoms with van der Waals surface area (Å²) in [5, 5.41) is 11.6. The van der Waals surface area contributed by atoms with Crippen molar-refractivity contribution in [3.05, 3.63) is 100 Å². The van der Waals surface area contributed by atoms with Crippen LogP contribution in [0.2, 0.25) is 5.02 Å². The molecule has 0 aromatic heterocycles. The summed E-state index contributed by atoms with van der Waals surface area (Å²) in [6.07, 6.45) is 0. The van der Waals surface area contributed by atoms with Gasteiger partial charge in [-0.3, -0.25) is 9.59 Å². The second-order valence-electron chi connectivity index (χ2n) is 8.50. The minimum Gasteiger partial charge on any atom is -0.507 e. The average Bonchev–Trinajstić information content (AvgIpc) is 3.09. The summed E-state index contributed by atoms with van der Waals surface area (Å²) in [6, 6.07) is 20.9. The Morgan fingerprint density at radius 3 is 2.40 bits per heavy atom. The zero-order valence-electron chi connectivity index (χ0n) is 19.9. The average molecular weight is 491 g/mol. The van der Waals surface area contributed by atoms with Gasteiger partial charge >= 0.3 is 0 Å². The first-order valence-electron chi connectivity index (χ1n) is 11.3. The van der Waals surface area contributed by atoms with Gasteiger partial charge in [-0.25, -0.2) is 0 Å². The van der Waals surface area contributed by atoms with E-state index in [0.717, 1.165) is 16.8 Å². The molecule has 1 fully saturated rings. The fraction of sp³-hybridized carbons (Fsp3) is 0.214. The lowest BCUT2D eigenvalue weighted by molar-refractivity contribution is -0.140. The second kappa shape index (κ2) is 10.2. The molecule has 1 heterocycles. The fourth-order valence-electron chi connectivity index (χ4n) is 4.23. The lowest BCUT2D eigenvalue weighted by Gasteiger charge is -2.26. The predicted octanol–water partition coefficient (Wildman–Crippen LogP) is 5.43. The van der Waals surface area contributed by atoms with E-state index in [2.05, 4.69) is 0 Å². The van der Waals surface area contributed by atoms with E-state index in [9.17, 15) is 14.7 Å². The third-order valence-corrected chi connectivity index (χ3v) is 6.16. The quantitative estimate of drug-likeness (QED) is 0.272. The van der Waals surface area contributed by atoms with Crippen molar-refractivity contribution in [3.8, 4) is 5.75 Å². The number of ether oxygens (including phenoxy) is 1. The molecule has 1 aliphatic rings. The molecule has 35 heavy (non-hydrogen) atoms. The van der Waals surface area contributed by atoms with Gasteiger partial charge in [0.1, 0.15) is 11.5 Å². The number of Topliss-reactive ketones (excluding diaryl/α,β-unsaturated/α-hetero) is 1. The molecule has 0 saturated carbocycles. The summed E-state index contributed by atoms with van der Waals surface area (Å²) in [7, 11) is 3.87. The maximum absolute atomic E-state index is 13.3. The highest BCUT2D eigenvalue weighted by Crippen LogP contribution is 2.41. The van der Waals surface area contributed by atoms with Crippen molar-refractivity contribution in [2.75, 3.05) is 25.6 Å². The number of hydrogen-bond donors (Lipinski definition) is 1. The van der Waals surface area contributed by atoms with Crippen LogP contribution in [-0.4, -0.2) is 42.4 Å². The molecule has 0 radical (unpaired) electrons. The van der Waals surface area contributed by atoms with Gasteiger partial charge in [-0.1, -0.05) is 48.0 Å². The molecule has 0 bridgehead atoms. The number of halogens is 1. The molecule has 1 unspecified atom stereocenters. The molecule has 1 amide bonds. The monoisotopic (exact) mass is 490 g/mol. The highest BCUT2D eigenvalue weighted by molar-refractivity contribution is 6.46. The van der Waals surface area contributed by atoms with Crippen molar-refractivity contribution >= 4 is 34.7 Å². The minimum absolute atomic E-state index is 0.0378. The number of amides is 1. The fourth-order valence-corrected chi connectivity index (χ4v) is 4.42. The van der Waals surface area contributed by atoms with E-state index in [1.807, 2.05) is 74.4 Å². The number of hydrogen-bond acceptors (Lipinski definition) is 5. The summed E-state index contributed by atoms with van der Waals surface area (Å²) < 4.78 is 5.60. The zero-order valence-corrected chi connectivity index (χ0v) is 20.6. The van der Waals surface area contributed by atoms with Gasteiger partial charge in [-0.05, 0) is 54.4 Å². The van der Waals surface area contributed by atoms with Crippen molar-refractivity contribution in [1.29, 1.82) is 0 Å². The highest BCUT2D eigenvalue weighted by Gasteiger charge is 2.46. The van der Waals surface area contributed by atoms with Crippen LogP contribution < -0.4 is 9.64 Å². The smallest absolute Gasteiger partial charge is 0.295 e. The first-order valence-corrected chi connectivity index (χ1v) is 11.7. The van der Waals surface area contributed by atoms with Gasteiger partial charge in [0.05, 0.1) is 18.2 Å². The third-order valence-electron chi connectivity index (χ3n) is 5.93. The number of carbonyl (C=O) groups excluding carboxylic acids is 2. The maximum atomic E-state index is 13.3. The molecular weight excluding hydrogens is 464 g/mol. The molecule has 6 nitrogen and oxygen atoms in total. The molecule has 3 aromatic rings. The van der Waals surface area contributed by atoms with Crippen molar-refractivity contribution in [1.82, 2.24) is 4.90 Å². The van der Waals surface area contributed by atoms with Gasteiger partial charge < -0.3 is 19.6 Å². The lowest BCUT2D eigenvalue weighted by Crippen LogP contribution is -2.29. The van der Waals surface area contributed by atoms with Crippen molar-refractivity contribution < 1.29 is 19.4 Å². The van der Waals surface area contributed by atoms with Gasteiger partial charge in [-0.2, -0.15) is 0 Å². The van der Waals surface area contributed by atoms with Crippen molar-refractivity contribution in [3.63, 3.8) is 0 Å². The lowest BCUT2D eigenvalue weighted by atomic mass is 9.95. The molecule has 3 aromatic carbocycles. The van der Waals surface area contributed by atoms with E-state index < -0.39 is 17.7 Å². The molecule has 4 rings (SSSR count). The van der Waals surface area contributed by atoms with Gasteiger partial charge in [0.15, 0.2) is 0 Å². The largest absolute Gasteiger partial charge is 0.507 e. The van der Waals surface area contributed by atoms with E-state index in [1.54, 1.807) is 24.3 Å². The van der Waals surface area contributed by atoms with Crippen LogP contribution in [0.1, 0.15) is 29.7 Å². The topological polar surface area (TPSA) is 70.1 Å². The molecule has 1 N–H and O–H groups in total. The van der Waals surface area contributed by atoms with E-state index in [1.165, 1.54) is 4.90 Å². The Kier molecular flexibility index (Phi) is 7.12. The minimum atomic E-state index is -0.763. The summed E-state index contributed by atoms with van der Waals surface area (Å²) in [4.78, 5) is 30.0. The molecule has 1 saturated heterocycles. The number of aliphatic hydroxyl groups is 1. The Balaban J connectivity index is 1.83. The Labute approximate surface area is 210 Å². The molecule has 0 spiro atoms. The summed E-state index contributed by atoms with van der Waals surface area (Å²) in [5.41, 5.74) is 2.93. The normalized spacial score (nSPS) is 17.0. The maximum Gasteiger partial charge on any atom is 0.295 e. The number of anilines is 1. The molecule has 7 heteroatoms. The van der Waals surface area contributed by atoms with Crippen LogP contribution in [-0.2, 0) is 16.1 Å². The standard InChI is InChI=1S/C28H27ClN2O4/c1-4-35-23-10-5-7-18(15-23)17-31-25(19-11-13-22(14-12-19)30(2)3)24(27(33)28(31)34)26(32)20-8-6-9-21(29)16-20/h5-16,25,32H,4,17H2,1-3H3/b26-24-. The van der Waals surface area contributed by atoms with Gasteiger partial charge in [-0.15, -0.1) is 0 Å². The van der Waals surface area contributed by atoms with Gasteiger partial charge in [0.25, 0.3) is 11.7 Å². The van der Waals surface area contributed by atoms with E-state index in [4.69, 9.17) is 16.3 Å². The zero-order chi connectivity index (χ0) is 25.1. The van der Waals surface area contributed by atoms with E-state index >= 15 is 0 Å². The third kappa shape index (κ3) is 5.03. The Morgan fingerprint density at radius 2 is 1.74 bits per heavy atom. The van der Waals surface area contributed by atoms with Crippen LogP contribution in [0.5, 0.6) is 5.75 Å². The van der Waals surface area contributed by atoms with Crippen molar-refractivity contribution in [2.24, 2.45) is 0 Å². The number of likely N-dealkylation sites (tertiary alicyclic amines) is 1. The summed E-state index contributed by atoms with van der Waals surface area (Å²) in [6.45, 7) is 2.60. The van der Waals surface area contributed by atoms with Crippen LogP contribution in [0.25, 0.3) is 5.76 Å². The van der Waals surface area contributed by atoms with Gasteiger partial charge in [0, 0.05) is 36.9 Å². The number of nitrogens with zero attached hydrogens (tertiary/aromatic N) is 2. The SMILES string of the molecule is CCOc1cccc(CN2C(=O)C(=O)/C(=C(\O)c3cccc(Cl)c3)C2c2ccc(N(C)C)cc2)c1. The van der Waals surface area contributed by atoms with Crippen LogP contribution in [0.15, 0.2) is 78.4 Å². The molecule has 1 aliphatic heterocycles. The van der Waals surface area contributed by atoms with Gasteiger partial charge in [0.2, 0.25) is 0 Å². The molecule has 180 valence electrons. The van der Waals surface area contributed by atoms with Crippen LogP contribution in [0, 0.1) is 0 Å². The molecule has 0 aliphatic carbocycles. The molecule has 1 atom stereocenters. The number of rotatable bonds is 7. The van der Waals surface area contributed by atoms with Crippen LogP contribution >= 0.6 is 11.6 Å². The first kappa shape index (κ1) is 24.4. The second-order valence-corrected chi connectivity index (χ2v) is 8.94. The summed E-state index contributed by atoms with van der Waals surface area (Å²) >= 11 is 6.13. The predicted molar refractivity (Wildman–Crippen MR) is 138 cm³/mol. The Morgan fingerprint density at radius 1 is 1.03 bits per heavy atom. The first-order chi connectivity index (χ1) is 16.8. The Bertz CT molecular complexity index is 1280. The number of aliphatic hydroxyl groups excluding tert-OH is 1. The summed E-state index contributed by atoms with van der Waals surface area (Å²) in [5.74, 6) is -0.965. The number of benzene rings is 3. The van der Waals surface area contributed by atoms with Crippen LogP contribution in [0.3, 0.4) is 0 Å². The number of ketones is 1. The van der Waals surface area contributed by atoms with Crippen molar-refractivity contribution in [2.45, 2.75) is 19.5 Å². The number of carbonyl (C=O) groups is 2. The van der Waals surface area contributed by atoms with Crippen LogP contribution in [0.4, 0.5) is 5.69 Å².